The molecule has 0 bridgehead atoms. The van der Waals surface area contributed by atoms with Gasteiger partial charge in [0.05, 0.1) is 17.0 Å². The minimum Gasteiger partial charge on any atom is -0.348 e. The summed E-state index contributed by atoms with van der Waals surface area (Å²) in [6.45, 7) is 2.76. The number of rotatable bonds is 6. The van der Waals surface area contributed by atoms with E-state index in [0.717, 1.165) is 5.56 Å². The van der Waals surface area contributed by atoms with Crippen LogP contribution in [0.2, 0.25) is 5.02 Å². The van der Waals surface area contributed by atoms with Crippen molar-refractivity contribution in [3.8, 4) is 0 Å². The average Bonchev–Trinajstić information content (AvgIpc) is 3.37. The normalized spacial score (nSPS) is 14.4. The van der Waals surface area contributed by atoms with E-state index in [0.29, 0.717) is 25.2 Å². The van der Waals surface area contributed by atoms with Crippen molar-refractivity contribution in [2.45, 2.75) is 30.8 Å². The predicted octanol–water partition coefficient (Wildman–Crippen LogP) is 3.11. The van der Waals surface area contributed by atoms with Crippen LogP contribution in [0.4, 0.5) is 5.69 Å². The number of carbonyl (C=O) groups excluding carboxylic acids is 1. The Bertz CT molecular complexity index is 1180. The number of para-hydroxylation sites is 1. The molecule has 1 aliphatic heterocycles. The first-order chi connectivity index (χ1) is 14.4. The second-order valence-electron chi connectivity index (χ2n) is 7.24. The van der Waals surface area contributed by atoms with Crippen LogP contribution in [-0.4, -0.2) is 36.5 Å². The van der Waals surface area contributed by atoms with Gasteiger partial charge in [-0.3, -0.25) is 9.10 Å². The maximum Gasteiger partial charge on any atom is 0.265 e. The summed E-state index contributed by atoms with van der Waals surface area (Å²) in [6.07, 6.45) is 5.79. The number of halogens is 1. The molecule has 1 unspecified atom stereocenters. The molecule has 0 saturated carbocycles. The lowest BCUT2D eigenvalue weighted by Crippen LogP contribution is -2.35. The molecule has 1 aromatic heterocycles. The molecule has 0 aliphatic carbocycles. The second kappa shape index (κ2) is 8.12. The van der Waals surface area contributed by atoms with E-state index >= 15 is 0 Å². The van der Waals surface area contributed by atoms with Gasteiger partial charge in [-0.1, -0.05) is 29.8 Å². The molecule has 1 atom stereocenters. The monoisotopic (exact) mass is 444 g/mol. The summed E-state index contributed by atoms with van der Waals surface area (Å²) in [4.78, 5) is 16.6. The third-order valence-corrected chi connectivity index (χ3v) is 7.32. The number of sulfonamides is 1. The minimum atomic E-state index is -3.90. The highest BCUT2D eigenvalue weighted by atomic mass is 35.5. The molecule has 0 saturated heterocycles. The summed E-state index contributed by atoms with van der Waals surface area (Å²) in [5.41, 5.74) is 1.86. The molecule has 2 heterocycles. The van der Waals surface area contributed by atoms with Crippen LogP contribution >= 0.6 is 11.6 Å². The van der Waals surface area contributed by atoms with Crippen LogP contribution in [0, 0.1) is 0 Å². The molecule has 1 amide bonds. The summed E-state index contributed by atoms with van der Waals surface area (Å²) in [7, 11) is -3.90. The zero-order valence-electron chi connectivity index (χ0n) is 16.3. The Morgan fingerprint density at radius 1 is 1.27 bits per heavy atom. The summed E-state index contributed by atoms with van der Waals surface area (Å²) in [5, 5.41) is 2.96. The van der Waals surface area contributed by atoms with Crippen LogP contribution in [0.3, 0.4) is 0 Å². The Balaban J connectivity index is 1.58. The molecule has 9 heteroatoms. The molecule has 7 nitrogen and oxygen atoms in total. The van der Waals surface area contributed by atoms with Gasteiger partial charge in [0.1, 0.15) is 4.90 Å². The van der Waals surface area contributed by atoms with Crippen LogP contribution in [0.15, 0.2) is 66.1 Å². The van der Waals surface area contributed by atoms with E-state index in [4.69, 9.17) is 11.6 Å². The quantitative estimate of drug-likeness (QED) is 0.633. The first kappa shape index (κ1) is 20.4. The number of nitrogens with one attached hydrogen (secondary N) is 1. The number of aromatic nitrogens is 2. The fourth-order valence-electron chi connectivity index (χ4n) is 3.58. The Labute approximate surface area is 180 Å². The second-order valence-corrected chi connectivity index (χ2v) is 9.47. The summed E-state index contributed by atoms with van der Waals surface area (Å²) in [6, 6.07) is 11.5. The molecule has 0 spiro atoms. The summed E-state index contributed by atoms with van der Waals surface area (Å²) >= 11 is 6.24. The van der Waals surface area contributed by atoms with Gasteiger partial charge in [0, 0.05) is 37.1 Å². The number of fused-ring (bicyclic) bond motifs is 1. The van der Waals surface area contributed by atoms with Gasteiger partial charge in [-0.15, -0.1) is 0 Å². The number of imidazole rings is 1. The number of nitrogens with zero attached hydrogens (tertiary/aromatic N) is 3. The molecule has 4 rings (SSSR count). The lowest BCUT2D eigenvalue weighted by atomic mass is 10.2. The largest absolute Gasteiger partial charge is 0.348 e. The smallest absolute Gasteiger partial charge is 0.265 e. The standard InChI is InChI=1S/C21H21ClN4O3S/c1-15(13-25-11-9-23-14-25)24-21(27)17-6-7-18(22)20(12-17)30(28,29)26-10-8-16-4-2-3-5-19(16)26/h2-7,9,11-12,14-15H,8,10,13H2,1H3,(H,24,27). The van der Waals surface area contributed by atoms with Gasteiger partial charge < -0.3 is 9.88 Å². The lowest BCUT2D eigenvalue weighted by Gasteiger charge is -2.21. The van der Waals surface area contributed by atoms with Gasteiger partial charge >= 0.3 is 0 Å². The van der Waals surface area contributed by atoms with Crippen molar-refractivity contribution < 1.29 is 13.2 Å². The summed E-state index contributed by atoms with van der Waals surface area (Å²) in [5.74, 6) is -0.363. The number of hydrogen-bond acceptors (Lipinski definition) is 4. The van der Waals surface area contributed by atoms with Crippen molar-refractivity contribution in [1.29, 1.82) is 0 Å². The number of hydrogen-bond donors (Lipinski definition) is 1. The van der Waals surface area contributed by atoms with Crippen LogP contribution in [0.25, 0.3) is 0 Å². The lowest BCUT2D eigenvalue weighted by molar-refractivity contribution is 0.0936. The van der Waals surface area contributed by atoms with Gasteiger partial charge in [0.15, 0.2) is 0 Å². The molecule has 156 valence electrons. The van der Waals surface area contributed by atoms with Crippen LogP contribution in [0.5, 0.6) is 0 Å². The van der Waals surface area contributed by atoms with Crippen molar-refractivity contribution in [2.75, 3.05) is 10.8 Å². The highest BCUT2D eigenvalue weighted by Crippen LogP contribution is 2.35. The number of benzene rings is 2. The zero-order valence-corrected chi connectivity index (χ0v) is 17.9. The van der Waals surface area contributed by atoms with Gasteiger partial charge in [0.25, 0.3) is 15.9 Å². The van der Waals surface area contributed by atoms with Crippen molar-refractivity contribution >= 4 is 33.2 Å². The highest BCUT2D eigenvalue weighted by Gasteiger charge is 2.32. The SMILES string of the molecule is CC(Cn1ccnc1)NC(=O)c1ccc(Cl)c(S(=O)(=O)N2CCc3ccccc32)c1. The molecule has 0 radical (unpaired) electrons. The van der Waals surface area contributed by atoms with E-state index in [1.807, 2.05) is 29.8 Å². The number of carbonyl (C=O) groups is 1. The number of amides is 1. The minimum absolute atomic E-state index is 0.0733. The molecule has 2 aromatic carbocycles. The summed E-state index contributed by atoms with van der Waals surface area (Å²) < 4.78 is 29.9. The van der Waals surface area contributed by atoms with Crippen molar-refractivity contribution in [1.82, 2.24) is 14.9 Å². The first-order valence-electron chi connectivity index (χ1n) is 9.53. The van der Waals surface area contributed by atoms with E-state index in [9.17, 15) is 13.2 Å². The van der Waals surface area contributed by atoms with Gasteiger partial charge in [-0.2, -0.15) is 0 Å². The molecular formula is C21H21ClN4O3S. The third kappa shape index (κ3) is 3.93. The predicted molar refractivity (Wildman–Crippen MR) is 115 cm³/mol. The van der Waals surface area contributed by atoms with Crippen LogP contribution in [0.1, 0.15) is 22.8 Å². The Hall–Kier alpha value is -2.84. The topological polar surface area (TPSA) is 84.3 Å². The van der Waals surface area contributed by atoms with E-state index in [1.165, 1.54) is 22.5 Å². The molecule has 30 heavy (non-hydrogen) atoms. The van der Waals surface area contributed by atoms with Crippen molar-refractivity contribution in [2.24, 2.45) is 0 Å². The maximum absolute atomic E-state index is 13.3. The van der Waals surface area contributed by atoms with Crippen molar-refractivity contribution in [3.05, 3.63) is 77.3 Å². The van der Waals surface area contributed by atoms with Gasteiger partial charge in [-0.25, -0.2) is 13.4 Å². The zero-order chi connectivity index (χ0) is 21.3. The molecular weight excluding hydrogens is 424 g/mol. The molecule has 0 fully saturated rings. The first-order valence-corrected chi connectivity index (χ1v) is 11.3. The third-order valence-electron chi connectivity index (χ3n) is 5.03. The fraction of sp³-hybridized carbons (Fsp3) is 0.238. The van der Waals surface area contributed by atoms with Crippen LogP contribution in [-0.2, 0) is 23.0 Å². The Morgan fingerprint density at radius 3 is 2.83 bits per heavy atom. The van der Waals surface area contributed by atoms with Gasteiger partial charge in [-0.05, 0) is 43.2 Å². The van der Waals surface area contributed by atoms with E-state index in [1.54, 1.807) is 24.7 Å². The van der Waals surface area contributed by atoms with Crippen molar-refractivity contribution in [3.63, 3.8) is 0 Å². The van der Waals surface area contributed by atoms with E-state index < -0.39 is 10.0 Å². The fourth-order valence-corrected chi connectivity index (χ4v) is 5.59. The van der Waals surface area contributed by atoms with E-state index in [-0.39, 0.29) is 27.4 Å². The molecule has 1 aliphatic rings. The average molecular weight is 445 g/mol. The maximum atomic E-state index is 13.3. The highest BCUT2D eigenvalue weighted by molar-refractivity contribution is 7.93. The number of anilines is 1. The van der Waals surface area contributed by atoms with Crippen LogP contribution < -0.4 is 9.62 Å². The van der Waals surface area contributed by atoms with E-state index in [2.05, 4.69) is 10.3 Å². The molecule has 3 aromatic rings. The Kier molecular flexibility index (Phi) is 5.53. The molecule has 1 N–H and O–H groups in total. The Morgan fingerprint density at radius 2 is 2.07 bits per heavy atom. The van der Waals surface area contributed by atoms with Gasteiger partial charge in [0.2, 0.25) is 0 Å².